The maximum atomic E-state index is 5.50. The summed E-state index contributed by atoms with van der Waals surface area (Å²) in [5.74, 6) is 0.842. The van der Waals surface area contributed by atoms with Crippen molar-refractivity contribution in [2.45, 2.75) is 13.8 Å². The summed E-state index contributed by atoms with van der Waals surface area (Å²) in [5.41, 5.74) is 5.72. The molecule has 0 atom stereocenters. The molecule has 0 radical (unpaired) electrons. The summed E-state index contributed by atoms with van der Waals surface area (Å²) < 4.78 is 6.05. The summed E-state index contributed by atoms with van der Waals surface area (Å²) in [6, 6.07) is 10.7. The van der Waals surface area contributed by atoms with Crippen LogP contribution >= 0.6 is 23.6 Å². The molecule has 1 aromatic carbocycles. The van der Waals surface area contributed by atoms with E-state index in [0.29, 0.717) is 4.77 Å². The predicted molar refractivity (Wildman–Crippen MR) is 98.0 cm³/mol. The number of benzene rings is 1. The van der Waals surface area contributed by atoms with Gasteiger partial charge >= 0.3 is 0 Å². The lowest BCUT2D eigenvalue weighted by atomic mass is 10.1. The Labute approximate surface area is 143 Å². The van der Waals surface area contributed by atoms with Crippen LogP contribution in [0.1, 0.15) is 11.1 Å². The molecule has 0 fully saturated rings. The Morgan fingerprint density at radius 2 is 2.00 bits per heavy atom. The van der Waals surface area contributed by atoms with Crippen LogP contribution in [0.5, 0.6) is 0 Å². The van der Waals surface area contributed by atoms with Gasteiger partial charge in [0.1, 0.15) is 0 Å². The lowest BCUT2D eigenvalue weighted by Gasteiger charge is -2.11. The number of fused-ring (bicyclic) bond motifs is 1. The highest BCUT2D eigenvalue weighted by molar-refractivity contribution is 7.71. The second-order valence-electron chi connectivity index (χ2n) is 5.74. The van der Waals surface area contributed by atoms with E-state index in [-0.39, 0.29) is 0 Å². The van der Waals surface area contributed by atoms with Gasteiger partial charge in [0, 0.05) is 7.05 Å². The Morgan fingerprint density at radius 3 is 2.78 bits per heavy atom. The predicted octanol–water partition coefficient (Wildman–Crippen LogP) is 4.77. The van der Waals surface area contributed by atoms with Gasteiger partial charge in [-0.15, -0.1) is 11.3 Å². The Kier molecular flexibility index (Phi) is 3.25. The molecule has 3 heterocycles. The van der Waals surface area contributed by atoms with Crippen LogP contribution in [0.15, 0.2) is 35.7 Å². The summed E-state index contributed by atoms with van der Waals surface area (Å²) in [4.78, 5) is 0. The van der Waals surface area contributed by atoms with E-state index < -0.39 is 0 Å². The van der Waals surface area contributed by atoms with E-state index in [1.165, 1.54) is 21.3 Å². The number of nitrogens with zero attached hydrogens (tertiary/aromatic N) is 3. The average Bonchev–Trinajstić information content (AvgIpc) is 3.19. The summed E-state index contributed by atoms with van der Waals surface area (Å²) in [6.07, 6.45) is 0. The quantitative estimate of drug-likeness (QED) is 0.534. The molecule has 4 rings (SSSR count). The van der Waals surface area contributed by atoms with Crippen molar-refractivity contribution in [2.24, 2.45) is 7.05 Å². The molecule has 0 spiro atoms. The highest BCUT2D eigenvalue weighted by Crippen LogP contribution is 2.31. The Bertz CT molecular complexity index is 1080. The SMILES string of the molecule is Cc1ccc(C)c(-n2c(-c3cc4sccc4n3C)n[nH]c2=S)c1. The van der Waals surface area contributed by atoms with Crippen molar-refractivity contribution in [3.8, 4) is 17.2 Å². The highest BCUT2D eigenvalue weighted by Gasteiger charge is 2.17. The number of rotatable bonds is 2. The summed E-state index contributed by atoms with van der Waals surface area (Å²) in [5, 5.41) is 9.56. The Hall–Kier alpha value is -2.18. The van der Waals surface area contributed by atoms with Crippen LogP contribution in [0.25, 0.3) is 27.4 Å². The fraction of sp³-hybridized carbons (Fsp3) is 0.176. The zero-order valence-corrected chi connectivity index (χ0v) is 14.8. The Morgan fingerprint density at radius 1 is 1.17 bits per heavy atom. The average molecular weight is 340 g/mol. The van der Waals surface area contributed by atoms with E-state index in [0.717, 1.165) is 17.2 Å². The highest BCUT2D eigenvalue weighted by atomic mass is 32.1. The molecule has 0 unspecified atom stereocenters. The molecule has 6 heteroatoms. The van der Waals surface area contributed by atoms with Crippen molar-refractivity contribution < 1.29 is 0 Å². The third kappa shape index (κ3) is 2.17. The fourth-order valence-electron chi connectivity index (χ4n) is 2.92. The molecule has 0 aliphatic rings. The molecule has 0 aliphatic heterocycles. The van der Waals surface area contributed by atoms with Gasteiger partial charge in [0.15, 0.2) is 10.6 Å². The van der Waals surface area contributed by atoms with E-state index in [2.05, 4.69) is 71.4 Å². The maximum absolute atomic E-state index is 5.50. The topological polar surface area (TPSA) is 38.5 Å². The van der Waals surface area contributed by atoms with Crippen LogP contribution < -0.4 is 0 Å². The molecule has 3 aromatic heterocycles. The second-order valence-corrected chi connectivity index (χ2v) is 7.07. The number of H-pyrrole nitrogens is 1. The summed E-state index contributed by atoms with van der Waals surface area (Å²) in [6.45, 7) is 4.18. The maximum Gasteiger partial charge on any atom is 0.200 e. The van der Waals surface area contributed by atoms with Gasteiger partial charge in [-0.1, -0.05) is 12.1 Å². The normalized spacial score (nSPS) is 11.4. The van der Waals surface area contributed by atoms with Crippen LogP contribution in [0, 0.1) is 18.6 Å². The minimum atomic E-state index is 0.609. The minimum absolute atomic E-state index is 0.609. The molecule has 0 bridgehead atoms. The third-order valence-corrected chi connectivity index (χ3v) is 5.30. The molecule has 116 valence electrons. The van der Waals surface area contributed by atoms with Crippen molar-refractivity contribution in [1.82, 2.24) is 19.3 Å². The van der Waals surface area contributed by atoms with Gasteiger partial charge in [-0.25, -0.2) is 0 Å². The smallest absolute Gasteiger partial charge is 0.200 e. The van der Waals surface area contributed by atoms with Gasteiger partial charge in [-0.2, -0.15) is 5.10 Å². The molecular formula is C17H16N4S2. The number of hydrogen-bond donors (Lipinski definition) is 1. The van der Waals surface area contributed by atoms with Crippen LogP contribution in [0.4, 0.5) is 0 Å². The molecule has 0 saturated carbocycles. The van der Waals surface area contributed by atoms with Gasteiger partial charge in [-0.3, -0.25) is 9.67 Å². The van der Waals surface area contributed by atoms with Crippen LogP contribution in [0.3, 0.4) is 0 Å². The molecule has 4 aromatic rings. The molecule has 0 saturated heterocycles. The van der Waals surface area contributed by atoms with Crippen molar-refractivity contribution in [1.29, 1.82) is 0 Å². The van der Waals surface area contributed by atoms with Crippen molar-refractivity contribution in [3.05, 3.63) is 51.6 Å². The van der Waals surface area contributed by atoms with Gasteiger partial charge in [0.2, 0.25) is 0 Å². The fourth-order valence-corrected chi connectivity index (χ4v) is 4.00. The summed E-state index contributed by atoms with van der Waals surface area (Å²) in [7, 11) is 2.07. The van der Waals surface area contributed by atoms with E-state index in [4.69, 9.17) is 12.2 Å². The molecule has 1 N–H and O–H groups in total. The zero-order chi connectivity index (χ0) is 16.1. The number of aromatic amines is 1. The molecule has 0 aliphatic carbocycles. The molecular weight excluding hydrogens is 324 g/mol. The number of aromatic nitrogens is 4. The molecule has 0 amide bonds. The first-order valence-corrected chi connectivity index (χ1v) is 8.63. The minimum Gasteiger partial charge on any atom is -0.340 e. The van der Waals surface area contributed by atoms with E-state index >= 15 is 0 Å². The second kappa shape index (κ2) is 5.18. The largest absolute Gasteiger partial charge is 0.340 e. The van der Waals surface area contributed by atoms with Gasteiger partial charge in [0.25, 0.3) is 0 Å². The molecule has 4 nitrogen and oxygen atoms in total. The van der Waals surface area contributed by atoms with Crippen LogP contribution in [-0.4, -0.2) is 19.3 Å². The van der Waals surface area contributed by atoms with Crippen molar-refractivity contribution >= 4 is 33.8 Å². The lowest BCUT2D eigenvalue weighted by molar-refractivity contribution is 0.937. The number of hydrogen-bond acceptors (Lipinski definition) is 3. The third-order valence-electron chi connectivity index (χ3n) is 4.17. The molecule has 23 heavy (non-hydrogen) atoms. The lowest BCUT2D eigenvalue weighted by Crippen LogP contribution is -2.03. The Balaban J connectivity index is 2.02. The van der Waals surface area contributed by atoms with Gasteiger partial charge in [0.05, 0.1) is 21.6 Å². The number of aryl methyl sites for hydroxylation is 3. The first kappa shape index (κ1) is 14.4. The van der Waals surface area contributed by atoms with Crippen molar-refractivity contribution in [2.75, 3.05) is 0 Å². The standard InChI is InChI=1S/C17H16N4S2/c1-10-4-5-11(2)13(8-10)21-16(18-19-17(21)22)14-9-15-12(20(14)3)6-7-23-15/h4-9H,1-3H3,(H,19,22). The monoisotopic (exact) mass is 340 g/mol. The number of thiophene rings is 1. The van der Waals surface area contributed by atoms with E-state index in [9.17, 15) is 0 Å². The van der Waals surface area contributed by atoms with Crippen molar-refractivity contribution in [3.63, 3.8) is 0 Å². The van der Waals surface area contributed by atoms with Crippen LogP contribution in [-0.2, 0) is 7.05 Å². The van der Waals surface area contributed by atoms with E-state index in [1.54, 1.807) is 11.3 Å². The summed E-state index contributed by atoms with van der Waals surface area (Å²) >= 11 is 7.24. The number of nitrogens with one attached hydrogen (secondary N) is 1. The van der Waals surface area contributed by atoms with E-state index in [1.807, 2.05) is 4.57 Å². The first-order chi connectivity index (χ1) is 11.1. The van der Waals surface area contributed by atoms with Gasteiger partial charge < -0.3 is 4.57 Å². The van der Waals surface area contributed by atoms with Gasteiger partial charge in [-0.05, 0) is 60.8 Å². The zero-order valence-electron chi connectivity index (χ0n) is 13.1. The first-order valence-electron chi connectivity index (χ1n) is 7.34. The van der Waals surface area contributed by atoms with Crippen LogP contribution in [0.2, 0.25) is 0 Å².